The molecule has 0 saturated heterocycles. The minimum Gasteiger partial charge on any atom is -0.486 e. The molecule has 2 N–H and O–H groups in total. The summed E-state index contributed by atoms with van der Waals surface area (Å²) in [6.07, 6.45) is 0. The number of nitrogens with two attached hydrogens (primary N) is 1. The number of rotatable bonds is 2. The molecule has 5 heteroatoms. The Hall–Kier alpha value is -2.01. The molecule has 0 amide bonds. The summed E-state index contributed by atoms with van der Waals surface area (Å²) in [6, 6.07) is 5.96. The van der Waals surface area contributed by atoms with E-state index in [4.69, 9.17) is 15.2 Å². The van der Waals surface area contributed by atoms with Crippen LogP contribution in [0.2, 0.25) is 0 Å². The third-order valence-corrected chi connectivity index (χ3v) is 3.43. The number of nitrogens with zero attached hydrogens (tertiary/aromatic N) is 2. The van der Waals surface area contributed by atoms with Crippen molar-refractivity contribution in [1.29, 1.82) is 0 Å². The van der Waals surface area contributed by atoms with Gasteiger partial charge in [0.25, 0.3) is 0 Å². The van der Waals surface area contributed by atoms with E-state index in [0.717, 1.165) is 34.0 Å². The number of benzene rings is 1. The van der Waals surface area contributed by atoms with Crippen LogP contribution in [0.5, 0.6) is 11.5 Å². The molecular weight excluding hydrogens is 242 g/mol. The van der Waals surface area contributed by atoms with Crippen molar-refractivity contribution < 1.29 is 9.47 Å². The number of hydrogen-bond acceptors (Lipinski definition) is 4. The number of aromatic nitrogens is 2. The Morgan fingerprint density at radius 1 is 1.26 bits per heavy atom. The summed E-state index contributed by atoms with van der Waals surface area (Å²) in [4.78, 5) is 0. The lowest BCUT2D eigenvalue weighted by molar-refractivity contribution is 0.171. The zero-order valence-corrected chi connectivity index (χ0v) is 11.1. The molecule has 0 bridgehead atoms. The smallest absolute Gasteiger partial charge is 0.161 e. The molecule has 1 aliphatic heterocycles. The first-order valence-electron chi connectivity index (χ1n) is 6.33. The van der Waals surface area contributed by atoms with Crippen LogP contribution in [-0.2, 0) is 13.6 Å². The normalized spacial score (nSPS) is 13.6. The molecule has 2 aromatic rings. The first-order valence-corrected chi connectivity index (χ1v) is 6.33. The second kappa shape index (κ2) is 4.59. The molecule has 5 nitrogen and oxygen atoms in total. The topological polar surface area (TPSA) is 62.3 Å². The zero-order valence-electron chi connectivity index (χ0n) is 11.1. The molecule has 0 fully saturated rings. The lowest BCUT2D eigenvalue weighted by Crippen LogP contribution is -2.15. The van der Waals surface area contributed by atoms with Crippen LogP contribution in [0.3, 0.4) is 0 Å². The standard InChI is InChI=1S/C14H17N3O2/c1-9-14(11(8-15)16-17(9)2)10-3-4-12-13(7-10)19-6-5-18-12/h3-4,7H,5-6,8,15H2,1-2H3. The Morgan fingerprint density at radius 3 is 2.74 bits per heavy atom. The molecular formula is C14H17N3O2. The molecule has 0 saturated carbocycles. The van der Waals surface area contributed by atoms with Crippen LogP contribution in [0.25, 0.3) is 11.1 Å². The van der Waals surface area contributed by atoms with Crippen molar-refractivity contribution in [3.8, 4) is 22.6 Å². The molecule has 0 spiro atoms. The summed E-state index contributed by atoms with van der Waals surface area (Å²) in [5, 5.41) is 4.44. The first kappa shape index (κ1) is 12.0. The van der Waals surface area contributed by atoms with Crippen molar-refractivity contribution in [2.45, 2.75) is 13.5 Å². The summed E-state index contributed by atoms with van der Waals surface area (Å²) in [7, 11) is 1.93. The van der Waals surface area contributed by atoms with Gasteiger partial charge >= 0.3 is 0 Å². The average Bonchev–Trinajstić information content (AvgIpc) is 2.74. The van der Waals surface area contributed by atoms with E-state index < -0.39 is 0 Å². The van der Waals surface area contributed by atoms with Gasteiger partial charge in [0.1, 0.15) is 13.2 Å². The fraction of sp³-hybridized carbons (Fsp3) is 0.357. The summed E-state index contributed by atoms with van der Waals surface area (Å²) < 4.78 is 13.0. The molecule has 1 aliphatic rings. The van der Waals surface area contributed by atoms with Crippen molar-refractivity contribution in [3.05, 3.63) is 29.6 Å². The lowest BCUT2D eigenvalue weighted by Gasteiger charge is -2.19. The van der Waals surface area contributed by atoms with E-state index in [-0.39, 0.29) is 0 Å². The minimum absolute atomic E-state index is 0.422. The number of hydrogen-bond donors (Lipinski definition) is 1. The second-order valence-electron chi connectivity index (χ2n) is 4.59. The molecule has 2 heterocycles. The highest BCUT2D eigenvalue weighted by Gasteiger charge is 2.17. The minimum atomic E-state index is 0.422. The fourth-order valence-electron chi connectivity index (χ4n) is 2.39. The largest absolute Gasteiger partial charge is 0.486 e. The van der Waals surface area contributed by atoms with Crippen LogP contribution in [0, 0.1) is 6.92 Å². The Kier molecular flexibility index (Phi) is 2.91. The number of ether oxygens (including phenoxy) is 2. The van der Waals surface area contributed by atoms with Crippen LogP contribution in [0.4, 0.5) is 0 Å². The highest BCUT2D eigenvalue weighted by atomic mass is 16.6. The highest BCUT2D eigenvalue weighted by molar-refractivity contribution is 5.71. The van der Waals surface area contributed by atoms with Crippen LogP contribution in [0.15, 0.2) is 18.2 Å². The fourth-order valence-corrected chi connectivity index (χ4v) is 2.39. The molecule has 19 heavy (non-hydrogen) atoms. The predicted molar refractivity (Wildman–Crippen MR) is 72.3 cm³/mol. The highest BCUT2D eigenvalue weighted by Crippen LogP contribution is 2.36. The third kappa shape index (κ3) is 1.96. The van der Waals surface area contributed by atoms with Crippen molar-refractivity contribution >= 4 is 0 Å². The molecule has 3 rings (SSSR count). The average molecular weight is 259 g/mol. The summed E-state index contributed by atoms with van der Waals surface area (Å²) in [5.41, 5.74) is 9.92. The molecule has 100 valence electrons. The monoisotopic (exact) mass is 259 g/mol. The zero-order chi connectivity index (χ0) is 13.4. The van der Waals surface area contributed by atoms with E-state index in [1.165, 1.54) is 0 Å². The predicted octanol–water partition coefficient (Wildman–Crippen LogP) is 1.63. The van der Waals surface area contributed by atoms with Gasteiger partial charge in [0, 0.05) is 24.8 Å². The Balaban J connectivity index is 2.12. The maximum Gasteiger partial charge on any atom is 0.161 e. The van der Waals surface area contributed by atoms with Gasteiger partial charge in [-0.1, -0.05) is 6.07 Å². The van der Waals surface area contributed by atoms with E-state index in [1.54, 1.807) is 0 Å². The summed E-state index contributed by atoms with van der Waals surface area (Å²) in [6.45, 7) is 3.66. The first-order chi connectivity index (χ1) is 9.20. The van der Waals surface area contributed by atoms with Gasteiger partial charge in [-0.25, -0.2) is 0 Å². The number of fused-ring (bicyclic) bond motifs is 1. The maximum atomic E-state index is 5.78. The molecule has 0 atom stereocenters. The molecule has 1 aromatic heterocycles. The number of aryl methyl sites for hydroxylation is 1. The second-order valence-corrected chi connectivity index (χ2v) is 4.59. The van der Waals surface area contributed by atoms with E-state index >= 15 is 0 Å². The van der Waals surface area contributed by atoms with Crippen molar-refractivity contribution in [3.63, 3.8) is 0 Å². The van der Waals surface area contributed by atoms with E-state index in [1.807, 2.05) is 36.9 Å². The molecule has 0 unspecified atom stereocenters. The maximum absolute atomic E-state index is 5.78. The van der Waals surface area contributed by atoms with Crippen LogP contribution < -0.4 is 15.2 Å². The summed E-state index contributed by atoms with van der Waals surface area (Å²) in [5.74, 6) is 1.58. The van der Waals surface area contributed by atoms with Gasteiger partial charge in [-0.2, -0.15) is 5.10 Å². The van der Waals surface area contributed by atoms with Crippen LogP contribution >= 0.6 is 0 Å². The van der Waals surface area contributed by atoms with Gasteiger partial charge in [-0.3, -0.25) is 4.68 Å². The molecule has 0 aliphatic carbocycles. The van der Waals surface area contributed by atoms with E-state index in [0.29, 0.717) is 19.8 Å². The quantitative estimate of drug-likeness (QED) is 0.890. The van der Waals surface area contributed by atoms with Gasteiger partial charge in [0.05, 0.1) is 5.69 Å². The Morgan fingerprint density at radius 2 is 2.00 bits per heavy atom. The van der Waals surface area contributed by atoms with Crippen molar-refractivity contribution in [2.75, 3.05) is 13.2 Å². The van der Waals surface area contributed by atoms with Gasteiger partial charge in [-0.15, -0.1) is 0 Å². The SMILES string of the molecule is Cc1c(-c2ccc3c(c2)OCCO3)c(CN)nn1C. The summed E-state index contributed by atoms with van der Waals surface area (Å²) >= 11 is 0. The van der Waals surface area contributed by atoms with Gasteiger partial charge in [0.2, 0.25) is 0 Å². The Labute approximate surface area is 111 Å². The lowest BCUT2D eigenvalue weighted by atomic mass is 10.0. The van der Waals surface area contributed by atoms with Crippen molar-refractivity contribution in [1.82, 2.24) is 9.78 Å². The van der Waals surface area contributed by atoms with E-state index in [9.17, 15) is 0 Å². The molecule has 0 radical (unpaired) electrons. The third-order valence-electron chi connectivity index (χ3n) is 3.43. The van der Waals surface area contributed by atoms with E-state index in [2.05, 4.69) is 5.10 Å². The van der Waals surface area contributed by atoms with Crippen LogP contribution in [0.1, 0.15) is 11.4 Å². The molecule has 1 aromatic carbocycles. The van der Waals surface area contributed by atoms with Crippen molar-refractivity contribution in [2.24, 2.45) is 12.8 Å². The van der Waals surface area contributed by atoms with Gasteiger partial charge in [-0.05, 0) is 24.6 Å². The van der Waals surface area contributed by atoms with Crippen LogP contribution in [-0.4, -0.2) is 23.0 Å². The Bertz CT molecular complexity index is 619. The van der Waals surface area contributed by atoms with Gasteiger partial charge in [0.15, 0.2) is 11.5 Å². The van der Waals surface area contributed by atoms with Gasteiger partial charge < -0.3 is 15.2 Å².